The highest BCUT2D eigenvalue weighted by Gasteiger charge is 2.42. The summed E-state index contributed by atoms with van der Waals surface area (Å²) in [6.07, 6.45) is 2.30. The Bertz CT molecular complexity index is 407. The molecule has 3 heteroatoms. The average molecular weight is 232 g/mol. The summed E-state index contributed by atoms with van der Waals surface area (Å²) in [6, 6.07) is 7.71. The van der Waals surface area contributed by atoms with Gasteiger partial charge in [0, 0.05) is 24.6 Å². The zero-order chi connectivity index (χ0) is 12.5. The minimum atomic E-state index is 0.0877. The molecule has 0 aliphatic heterocycles. The summed E-state index contributed by atoms with van der Waals surface area (Å²) < 4.78 is 0. The predicted molar refractivity (Wildman–Crippen MR) is 68.9 cm³/mol. The van der Waals surface area contributed by atoms with Crippen LogP contribution in [0.3, 0.4) is 0 Å². The van der Waals surface area contributed by atoms with Crippen molar-refractivity contribution in [3.05, 3.63) is 35.4 Å². The van der Waals surface area contributed by atoms with Crippen LogP contribution >= 0.6 is 0 Å². The van der Waals surface area contributed by atoms with E-state index in [-0.39, 0.29) is 11.3 Å². The molecular weight excluding hydrogens is 212 g/mol. The molecule has 0 radical (unpaired) electrons. The van der Waals surface area contributed by atoms with E-state index in [1.165, 1.54) is 5.56 Å². The molecule has 92 valence electrons. The van der Waals surface area contributed by atoms with Gasteiger partial charge in [0.15, 0.2) is 0 Å². The second-order valence-corrected chi connectivity index (χ2v) is 5.23. The first-order valence-electron chi connectivity index (χ1n) is 6.09. The third-order valence-electron chi connectivity index (χ3n) is 3.61. The van der Waals surface area contributed by atoms with Gasteiger partial charge in [-0.05, 0) is 38.4 Å². The van der Waals surface area contributed by atoms with Crippen LogP contribution < -0.4 is 5.73 Å². The third-order valence-corrected chi connectivity index (χ3v) is 3.61. The van der Waals surface area contributed by atoms with E-state index in [0.29, 0.717) is 6.54 Å². The number of nitrogens with two attached hydrogens (primary N) is 1. The van der Waals surface area contributed by atoms with Crippen molar-refractivity contribution in [3.63, 3.8) is 0 Å². The zero-order valence-corrected chi connectivity index (χ0v) is 10.6. The van der Waals surface area contributed by atoms with Gasteiger partial charge in [-0.25, -0.2) is 0 Å². The lowest BCUT2D eigenvalue weighted by Crippen LogP contribution is -2.35. The average Bonchev–Trinajstić information content (AvgIpc) is 3.09. The molecule has 1 aliphatic rings. The molecule has 0 atom stereocenters. The second-order valence-electron chi connectivity index (χ2n) is 5.23. The summed E-state index contributed by atoms with van der Waals surface area (Å²) in [5.41, 5.74) is 7.87. The van der Waals surface area contributed by atoms with Gasteiger partial charge < -0.3 is 10.6 Å². The van der Waals surface area contributed by atoms with Crippen molar-refractivity contribution in [2.24, 2.45) is 11.1 Å². The first-order valence-corrected chi connectivity index (χ1v) is 6.09. The molecule has 0 spiro atoms. The van der Waals surface area contributed by atoms with Gasteiger partial charge >= 0.3 is 0 Å². The van der Waals surface area contributed by atoms with E-state index >= 15 is 0 Å². The Balaban J connectivity index is 2.02. The number of carbonyl (C=O) groups is 1. The number of nitrogens with zero attached hydrogens (tertiary/aromatic N) is 1. The molecule has 1 aromatic rings. The topological polar surface area (TPSA) is 46.3 Å². The normalized spacial score (nSPS) is 16.6. The SMILES string of the molecule is Cc1ccc(C(=O)N(C)CC2(CN)CC2)cc1. The number of amides is 1. The van der Waals surface area contributed by atoms with Crippen LogP contribution in [0.5, 0.6) is 0 Å². The largest absolute Gasteiger partial charge is 0.341 e. The van der Waals surface area contributed by atoms with E-state index in [1.807, 2.05) is 38.2 Å². The van der Waals surface area contributed by atoms with Gasteiger partial charge in [0.25, 0.3) is 5.91 Å². The highest BCUT2D eigenvalue weighted by Crippen LogP contribution is 2.44. The van der Waals surface area contributed by atoms with Gasteiger partial charge in [-0.2, -0.15) is 0 Å². The van der Waals surface area contributed by atoms with Crippen molar-refractivity contribution in [2.45, 2.75) is 19.8 Å². The molecule has 3 nitrogen and oxygen atoms in total. The Morgan fingerprint density at radius 1 is 1.35 bits per heavy atom. The molecule has 2 N–H and O–H groups in total. The molecule has 0 heterocycles. The minimum Gasteiger partial charge on any atom is -0.341 e. The van der Waals surface area contributed by atoms with Gasteiger partial charge in [0.05, 0.1) is 0 Å². The smallest absolute Gasteiger partial charge is 0.253 e. The molecule has 0 bridgehead atoms. The van der Waals surface area contributed by atoms with E-state index in [0.717, 1.165) is 24.9 Å². The van der Waals surface area contributed by atoms with Crippen molar-refractivity contribution < 1.29 is 4.79 Å². The number of benzene rings is 1. The van der Waals surface area contributed by atoms with Crippen LogP contribution in [0.25, 0.3) is 0 Å². The van der Waals surface area contributed by atoms with Crippen LogP contribution in [-0.4, -0.2) is 30.9 Å². The summed E-state index contributed by atoms with van der Waals surface area (Å²) in [7, 11) is 1.86. The van der Waals surface area contributed by atoms with Crippen molar-refractivity contribution >= 4 is 5.91 Å². The fourth-order valence-corrected chi connectivity index (χ4v) is 2.10. The van der Waals surface area contributed by atoms with Crippen molar-refractivity contribution in [2.75, 3.05) is 20.1 Å². The number of rotatable bonds is 4. The van der Waals surface area contributed by atoms with E-state index in [1.54, 1.807) is 4.90 Å². The fraction of sp³-hybridized carbons (Fsp3) is 0.500. The van der Waals surface area contributed by atoms with Crippen LogP contribution in [-0.2, 0) is 0 Å². The Hall–Kier alpha value is -1.35. The predicted octanol–water partition coefficient (Wildman–Crippen LogP) is 1.81. The van der Waals surface area contributed by atoms with Gasteiger partial charge in [-0.15, -0.1) is 0 Å². The zero-order valence-electron chi connectivity index (χ0n) is 10.6. The summed E-state index contributed by atoms with van der Waals surface area (Å²) in [5.74, 6) is 0.0877. The summed E-state index contributed by atoms with van der Waals surface area (Å²) in [5, 5.41) is 0. The molecule has 17 heavy (non-hydrogen) atoms. The summed E-state index contributed by atoms with van der Waals surface area (Å²) >= 11 is 0. The molecule has 1 fully saturated rings. The number of hydrogen-bond donors (Lipinski definition) is 1. The molecule has 0 saturated heterocycles. The van der Waals surface area contributed by atoms with Crippen LogP contribution in [0.2, 0.25) is 0 Å². The maximum absolute atomic E-state index is 12.2. The van der Waals surface area contributed by atoms with Gasteiger partial charge in [0.1, 0.15) is 0 Å². The molecule has 1 amide bonds. The molecule has 0 unspecified atom stereocenters. The van der Waals surface area contributed by atoms with Crippen molar-refractivity contribution in [1.29, 1.82) is 0 Å². The Morgan fingerprint density at radius 2 is 1.94 bits per heavy atom. The van der Waals surface area contributed by atoms with Gasteiger partial charge in [0.2, 0.25) is 0 Å². The Labute approximate surface area is 103 Å². The molecule has 2 rings (SSSR count). The second kappa shape index (κ2) is 4.49. The van der Waals surface area contributed by atoms with Crippen molar-refractivity contribution in [3.8, 4) is 0 Å². The molecule has 1 saturated carbocycles. The lowest BCUT2D eigenvalue weighted by molar-refractivity contribution is 0.0766. The third kappa shape index (κ3) is 2.67. The number of carbonyl (C=O) groups excluding carboxylic acids is 1. The monoisotopic (exact) mass is 232 g/mol. The summed E-state index contributed by atoms with van der Waals surface area (Å²) in [6.45, 7) is 3.47. The maximum atomic E-state index is 12.2. The number of hydrogen-bond acceptors (Lipinski definition) is 2. The lowest BCUT2D eigenvalue weighted by Gasteiger charge is -2.22. The summed E-state index contributed by atoms with van der Waals surface area (Å²) in [4.78, 5) is 14.0. The first-order chi connectivity index (χ1) is 8.06. The fourth-order valence-electron chi connectivity index (χ4n) is 2.10. The standard InChI is InChI=1S/C14H20N2O/c1-11-3-5-12(6-4-11)13(17)16(2)10-14(9-15)7-8-14/h3-6H,7-10,15H2,1-2H3. The maximum Gasteiger partial charge on any atom is 0.253 e. The molecular formula is C14H20N2O. The van der Waals surface area contributed by atoms with E-state index in [4.69, 9.17) is 5.73 Å². The van der Waals surface area contributed by atoms with Gasteiger partial charge in [-0.1, -0.05) is 17.7 Å². The van der Waals surface area contributed by atoms with Crippen LogP contribution in [0.4, 0.5) is 0 Å². The first kappa shape index (κ1) is 12.1. The molecule has 1 aliphatic carbocycles. The lowest BCUT2D eigenvalue weighted by atomic mass is 10.1. The minimum absolute atomic E-state index is 0.0877. The van der Waals surface area contributed by atoms with Gasteiger partial charge in [-0.3, -0.25) is 4.79 Å². The van der Waals surface area contributed by atoms with E-state index < -0.39 is 0 Å². The highest BCUT2D eigenvalue weighted by molar-refractivity contribution is 5.94. The van der Waals surface area contributed by atoms with Crippen molar-refractivity contribution in [1.82, 2.24) is 4.90 Å². The van der Waals surface area contributed by atoms with Crippen LogP contribution in [0.15, 0.2) is 24.3 Å². The van der Waals surface area contributed by atoms with E-state index in [9.17, 15) is 4.79 Å². The molecule has 1 aromatic carbocycles. The Morgan fingerprint density at radius 3 is 2.41 bits per heavy atom. The highest BCUT2D eigenvalue weighted by atomic mass is 16.2. The van der Waals surface area contributed by atoms with Crippen LogP contribution in [0, 0.1) is 12.3 Å². The quantitative estimate of drug-likeness (QED) is 0.860. The molecule has 0 aromatic heterocycles. The number of aryl methyl sites for hydroxylation is 1. The van der Waals surface area contributed by atoms with Crippen LogP contribution in [0.1, 0.15) is 28.8 Å². The van der Waals surface area contributed by atoms with E-state index in [2.05, 4.69) is 0 Å². The Kier molecular flexibility index (Phi) is 3.20.